The average Bonchev–Trinajstić information content (AvgIpc) is 2.28. The van der Waals surface area contributed by atoms with E-state index in [2.05, 4.69) is 15.9 Å². The van der Waals surface area contributed by atoms with Gasteiger partial charge < -0.3 is 0 Å². The molecule has 1 aromatic rings. The predicted molar refractivity (Wildman–Crippen MR) is 70.1 cm³/mol. The molecule has 0 saturated heterocycles. The molecule has 0 aliphatic heterocycles. The van der Waals surface area contributed by atoms with Crippen molar-refractivity contribution in [3.05, 3.63) is 39.9 Å². The minimum absolute atomic E-state index is 0.204. The number of carbonyl (C=O) groups excluding carboxylic acids is 1. The maximum absolute atomic E-state index is 11.9. The van der Waals surface area contributed by atoms with Gasteiger partial charge in [-0.05, 0) is 48.6 Å². The Bertz CT molecular complexity index is 417. The van der Waals surface area contributed by atoms with E-state index >= 15 is 0 Å². The lowest BCUT2D eigenvalue weighted by Crippen LogP contribution is -2.18. The van der Waals surface area contributed by atoms with Crippen LogP contribution in [0.2, 0.25) is 0 Å². The van der Waals surface area contributed by atoms with E-state index in [1.54, 1.807) is 0 Å². The van der Waals surface area contributed by atoms with E-state index in [4.69, 9.17) is 0 Å². The third-order valence-corrected chi connectivity index (χ3v) is 3.59. The molecule has 1 aliphatic carbocycles. The largest absolute Gasteiger partial charge is 0.294 e. The normalized spacial score (nSPS) is 23.8. The molecule has 0 spiro atoms. The number of benzene rings is 1. The second kappa shape index (κ2) is 4.96. The summed E-state index contributed by atoms with van der Waals surface area (Å²) in [6.07, 6.45) is 5.13. The molecule has 0 aromatic heterocycles. The Morgan fingerprint density at radius 1 is 1.31 bits per heavy atom. The Hall–Kier alpha value is -0.890. The summed E-state index contributed by atoms with van der Waals surface area (Å²) in [7, 11) is 0. The maximum Gasteiger partial charge on any atom is 0.161 e. The van der Waals surface area contributed by atoms with Crippen LogP contribution < -0.4 is 0 Å². The van der Waals surface area contributed by atoms with Crippen LogP contribution in [0.1, 0.15) is 31.7 Å². The predicted octanol–water partition coefficient (Wildman–Crippen LogP) is 4.22. The summed E-state index contributed by atoms with van der Waals surface area (Å²) < 4.78 is 1.07. The molecular weight excluding hydrogens is 264 g/mol. The first-order chi connectivity index (χ1) is 7.66. The molecule has 1 nitrogen and oxygen atoms in total. The fourth-order valence-electron chi connectivity index (χ4n) is 2.07. The number of allylic oxidation sites excluding steroid dienone is 1. The molecule has 0 unspecified atom stereocenters. The van der Waals surface area contributed by atoms with Crippen LogP contribution in [0.15, 0.2) is 34.3 Å². The molecule has 2 rings (SSSR count). The van der Waals surface area contributed by atoms with E-state index in [1.807, 2.05) is 37.3 Å². The summed E-state index contributed by atoms with van der Waals surface area (Å²) >= 11 is 3.40. The van der Waals surface area contributed by atoms with Gasteiger partial charge in [0.05, 0.1) is 0 Å². The van der Waals surface area contributed by atoms with Crippen molar-refractivity contribution >= 4 is 27.8 Å². The van der Waals surface area contributed by atoms with E-state index < -0.39 is 0 Å². The zero-order chi connectivity index (χ0) is 11.5. The first kappa shape index (κ1) is 11.6. The smallest absolute Gasteiger partial charge is 0.161 e. The second-order valence-corrected chi connectivity index (χ2v) is 5.29. The van der Waals surface area contributed by atoms with Gasteiger partial charge in [-0.25, -0.2) is 0 Å². The molecule has 84 valence electrons. The highest BCUT2D eigenvalue weighted by Gasteiger charge is 2.22. The lowest BCUT2D eigenvalue weighted by atomic mass is 9.84. The Balaban J connectivity index is 2.23. The first-order valence-electron chi connectivity index (χ1n) is 5.67. The third-order valence-electron chi connectivity index (χ3n) is 3.06. The third kappa shape index (κ3) is 2.62. The van der Waals surface area contributed by atoms with Gasteiger partial charge in [-0.2, -0.15) is 0 Å². The van der Waals surface area contributed by atoms with Crippen LogP contribution in [0.4, 0.5) is 0 Å². The van der Waals surface area contributed by atoms with Crippen LogP contribution in [-0.2, 0) is 4.79 Å². The van der Waals surface area contributed by atoms with E-state index in [-0.39, 0.29) is 5.92 Å². The van der Waals surface area contributed by atoms with Crippen LogP contribution >= 0.6 is 15.9 Å². The van der Waals surface area contributed by atoms with E-state index in [9.17, 15) is 4.79 Å². The van der Waals surface area contributed by atoms with Crippen LogP contribution in [0.3, 0.4) is 0 Å². The van der Waals surface area contributed by atoms with Crippen LogP contribution in [0.5, 0.6) is 0 Å². The van der Waals surface area contributed by atoms with Crippen molar-refractivity contribution in [2.24, 2.45) is 5.92 Å². The molecule has 0 heterocycles. The van der Waals surface area contributed by atoms with Gasteiger partial charge >= 0.3 is 0 Å². The van der Waals surface area contributed by atoms with Crippen molar-refractivity contribution in [1.29, 1.82) is 0 Å². The van der Waals surface area contributed by atoms with E-state index in [1.165, 1.54) is 0 Å². The SMILES string of the molecule is C[C@@H]1CCC/C(=C\c2ccc(Br)cc2)C1=O. The minimum atomic E-state index is 0.204. The van der Waals surface area contributed by atoms with Gasteiger partial charge in [-0.3, -0.25) is 4.79 Å². The summed E-state index contributed by atoms with van der Waals surface area (Å²) in [5.41, 5.74) is 2.10. The number of hydrogen-bond acceptors (Lipinski definition) is 1. The number of carbonyl (C=O) groups is 1. The van der Waals surface area contributed by atoms with Crippen molar-refractivity contribution in [2.75, 3.05) is 0 Å². The number of Topliss-reactive ketones (excluding diaryl/α,β-unsaturated/α-hetero) is 1. The van der Waals surface area contributed by atoms with Crippen molar-refractivity contribution in [3.8, 4) is 0 Å². The number of ketones is 1. The zero-order valence-electron chi connectivity index (χ0n) is 9.37. The zero-order valence-corrected chi connectivity index (χ0v) is 11.0. The molecule has 0 N–H and O–H groups in total. The molecule has 1 saturated carbocycles. The topological polar surface area (TPSA) is 17.1 Å². The Morgan fingerprint density at radius 2 is 2.00 bits per heavy atom. The van der Waals surface area contributed by atoms with Crippen molar-refractivity contribution in [2.45, 2.75) is 26.2 Å². The van der Waals surface area contributed by atoms with Gasteiger partial charge in [0.15, 0.2) is 5.78 Å². The maximum atomic E-state index is 11.9. The van der Waals surface area contributed by atoms with Crippen LogP contribution in [0, 0.1) is 5.92 Å². The summed E-state index contributed by atoms with van der Waals surface area (Å²) in [5.74, 6) is 0.532. The van der Waals surface area contributed by atoms with Crippen molar-refractivity contribution in [3.63, 3.8) is 0 Å². The van der Waals surface area contributed by atoms with E-state index in [0.717, 1.165) is 34.9 Å². The average molecular weight is 279 g/mol. The van der Waals surface area contributed by atoms with Gasteiger partial charge in [0.1, 0.15) is 0 Å². The Morgan fingerprint density at radius 3 is 2.69 bits per heavy atom. The monoisotopic (exact) mass is 278 g/mol. The molecule has 1 aliphatic rings. The minimum Gasteiger partial charge on any atom is -0.294 e. The van der Waals surface area contributed by atoms with Gasteiger partial charge in [-0.15, -0.1) is 0 Å². The lowest BCUT2D eigenvalue weighted by molar-refractivity contribution is -0.119. The quantitative estimate of drug-likeness (QED) is 0.703. The van der Waals surface area contributed by atoms with Crippen molar-refractivity contribution in [1.82, 2.24) is 0 Å². The van der Waals surface area contributed by atoms with Crippen molar-refractivity contribution < 1.29 is 4.79 Å². The standard InChI is InChI=1S/C14H15BrO/c1-10-3-2-4-12(14(10)16)9-11-5-7-13(15)8-6-11/h5-10H,2-4H2,1H3/b12-9+/t10-/m1/s1. The second-order valence-electron chi connectivity index (χ2n) is 4.38. The van der Waals surface area contributed by atoms with Gasteiger partial charge in [-0.1, -0.05) is 35.0 Å². The molecular formula is C14H15BrO. The molecule has 0 amide bonds. The lowest BCUT2D eigenvalue weighted by Gasteiger charge is -2.19. The molecule has 0 bridgehead atoms. The van der Waals surface area contributed by atoms with Crippen LogP contribution in [-0.4, -0.2) is 5.78 Å². The number of halogens is 1. The molecule has 2 heteroatoms. The Kier molecular flexibility index (Phi) is 3.59. The fraction of sp³-hybridized carbons (Fsp3) is 0.357. The summed E-state index contributed by atoms with van der Waals surface area (Å²) in [4.78, 5) is 11.9. The van der Waals surface area contributed by atoms with Gasteiger partial charge in [0, 0.05) is 10.4 Å². The number of rotatable bonds is 1. The van der Waals surface area contributed by atoms with Crippen LogP contribution in [0.25, 0.3) is 6.08 Å². The molecule has 0 radical (unpaired) electrons. The van der Waals surface area contributed by atoms with Gasteiger partial charge in [0.2, 0.25) is 0 Å². The molecule has 16 heavy (non-hydrogen) atoms. The molecule has 1 fully saturated rings. The molecule has 1 aromatic carbocycles. The van der Waals surface area contributed by atoms with Gasteiger partial charge in [0.25, 0.3) is 0 Å². The fourth-order valence-corrected chi connectivity index (χ4v) is 2.34. The highest BCUT2D eigenvalue weighted by molar-refractivity contribution is 9.10. The Labute approximate surface area is 105 Å². The highest BCUT2D eigenvalue weighted by Crippen LogP contribution is 2.26. The first-order valence-corrected chi connectivity index (χ1v) is 6.46. The van der Waals surface area contributed by atoms with E-state index in [0.29, 0.717) is 5.78 Å². The number of hydrogen-bond donors (Lipinski definition) is 0. The summed E-state index contributed by atoms with van der Waals surface area (Å²) in [6.45, 7) is 2.02. The summed E-state index contributed by atoms with van der Waals surface area (Å²) in [5, 5.41) is 0. The summed E-state index contributed by atoms with van der Waals surface area (Å²) in [6, 6.07) is 8.07. The molecule has 1 atom stereocenters. The highest BCUT2D eigenvalue weighted by atomic mass is 79.9.